The molecular weight excluding hydrogens is 158 g/mol. The van der Waals surface area contributed by atoms with Crippen LogP contribution in [0, 0.1) is 0 Å². The fraction of sp³-hybridized carbons (Fsp3) is 0.167. The van der Waals surface area contributed by atoms with E-state index < -0.39 is 0 Å². The lowest BCUT2D eigenvalue weighted by atomic mass is 9.98. The summed E-state index contributed by atoms with van der Waals surface area (Å²) in [6.45, 7) is 2.21. The first-order valence-corrected chi connectivity index (χ1v) is 4.56. The van der Waals surface area contributed by atoms with E-state index in [-0.39, 0.29) is 0 Å². The third kappa shape index (κ3) is 1.64. The lowest BCUT2D eigenvalue weighted by molar-refractivity contribution is 0.884. The minimum Gasteiger partial charge on any atom is -0.364 e. The maximum atomic E-state index is 3.24. The number of nitrogens with one attached hydrogen (secondary N) is 1. The van der Waals surface area contributed by atoms with Crippen molar-refractivity contribution in [2.45, 2.75) is 12.8 Å². The van der Waals surface area contributed by atoms with Crippen molar-refractivity contribution in [3.8, 4) is 0 Å². The molecule has 0 unspecified atom stereocenters. The van der Waals surface area contributed by atoms with Crippen LogP contribution in [0.2, 0.25) is 0 Å². The predicted octanol–water partition coefficient (Wildman–Crippen LogP) is 3.17. The summed E-state index contributed by atoms with van der Waals surface area (Å²) in [5.41, 5.74) is 2.62. The van der Waals surface area contributed by atoms with Gasteiger partial charge in [0, 0.05) is 17.8 Å². The monoisotopic (exact) mass is 171 g/mol. The summed E-state index contributed by atoms with van der Waals surface area (Å²) in [6.07, 6.45) is 1.97. The molecule has 0 saturated heterocycles. The Hall–Kier alpha value is -1.50. The first-order valence-electron chi connectivity index (χ1n) is 4.56. The van der Waals surface area contributed by atoms with Gasteiger partial charge in [0.15, 0.2) is 0 Å². The Morgan fingerprint density at radius 3 is 2.38 bits per heavy atom. The second kappa shape index (κ2) is 3.48. The summed E-state index contributed by atoms with van der Waals surface area (Å²) in [7, 11) is 0. The summed E-state index contributed by atoms with van der Waals surface area (Å²) in [5.74, 6) is 0.455. The predicted molar refractivity (Wildman–Crippen MR) is 54.8 cm³/mol. The molecule has 0 aliphatic carbocycles. The number of rotatable bonds is 2. The minimum atomic E-state index is 0.455. The molecule has 66 valence electrons. The van der Waals surface area contributed by atoms with Crippen molar-refractivity contribution in [1.29, 1.82) is 0 Å². The van der Waals surface area contributed by atoms with Crippen LogP contribution in [0.4, 0.5) is 0 Å². The molecule has 2 rings (SSSR count). The Balaban J connectivity index is 2.29. The van der Waals surface area contributed by atoms with Crippen LogP contribution in [0.25, 0.3) is 0 Å². The first kappa shape index (κ1) is 8.11. The van der Waals surface area contributed by atoms with E-state index >= 15 is 0 Å². The van der Waals surface area contributed by atoms with Gasteiger partial charge in [-0.3, -0.25) is 0 Å². The van der Waals surface area contributed by atoms with E-state index in [2.05, 4.69) is 42.2 Å². The molecule has 0 saturated carbocycles. The van der Waals surface area contributed by atoms with Gasteiger partial charge in [0.1, 0.15) is 0 Å². The average molecular weight is 171 g/mol. The highest BCUT2D eigenvalue weighted by atomic mass is 14.7. The molecule has 1 N–H and O–H groups in total. The van der Waals surface area contributed by atoms with E-state index in [0.717, 1.165) is 0 Å². The van der Waals surface area contributed by atoms with Crippen LogP contribution in [0.1, 0.15) is 24.1 Å². The molecule has 0 spiro atoms. The average Bonchev–Trinajstić information content (AvgIpc) is 2.71. The van der Waals surface area contributed by atoms with Gasteiger partial charge in [-0.05, 0) is 17.7 Å². The molecule has 0 fully saturated rings. The number of aromatic nitrogens is 1. The van der Waals surface area contributed by atoms with Crippen molar-refractivity contribution in [3.05, 3.63) is 59.9 Å². The highest BCUT2D eigenvalue weighted by Crippen LogP contribution is 2.21. The number of aromatic amines is 1. The Morgan fingerprint density at radius 2 is 1.77 bits per heavy atom. The van der Waals surface area contributed by atoms with Crippen LogP contribution in [-0.4, -0.2) is 4.98 Å². The van der Waals surface area contributed by atoms with E-state index in [1.54, 1.807) is 0 Å². The minimum absolute atomic E-state index is 0.455. The molecule has 0 aliphatic heterocycles. The van der Waals surface area contributed by atoms with Gasteiger partial charge in [-0.15, -0.1) is 0 Å². The first-order chi connectivity index (χ1) is 6.38. The van der Waals surface area contributed by atoms with Crippen molar-refractivity contribution in [2.75, 3.05) is 0 Å². The SMILES string of the molecule is C[C@H](c1ccccc1)c1ccc[nH]1. The molecule has 0 aliphatic rings. The Bertz CT molecular complexity index is 348. The zero-order valence-corrected chi connectivity index (χ0v) is 7.70. The maximum absolute atomic E-state index is 3.24. The Morgan fingerprint density at radius 1 is 1.00 bits per heavy atom. The second-order valence-electron chi connectivity index (χ2n) is 3.26. The number of hydrogen-bond donors (Lipinski definition) is 1. The Labute approximate surface area is 78.4 Å². The molecule has 1 atom stereocenters. The second-order valence-corrected chi connectivity index (χ2v) is 3.26. The molecule has 0 radical (unpaired) electrons. The van der Waals surface area contributed by atoms with Gasteiger partial charge in [0.05, 0.1) is 0 Å². The molecule has 1 nitrogen and oxygen atoms in total. The van der Waals surface area contributed by atoms with Crippen LogP contribution in [0.3, 0.4) is 0 Å². The number of benzene rings is 1. The molecule has 1 aromatic heterocycles. The molecular formula is C12H13N. The number of H-pyrrole nitrogens is 1. The van der Waals surface area contributed by atoms with Gasteiger partial charge >= 0.3 is 0 Å². The highest BCUT2D eigenvalue weighted by molar-refractivity contribution is 5.27. The smallest absolute Gasteiger partial charge is 0.0220 e. The lowest BCUT2D eigenvalue weighted by Gasteiger charge is -2.09. The van der Waals surface area contributed by atoms with E-state index in [4.69, 9.17) is 0 Å². The molecule has 2 aromatic rings. The van der Waals surface area contributed by atoms with Crippen molar-refractivity contribution in [1.82, 2.24) is 4.98 Å². The number of hydrogen-bond acceptors (Lipinski definition) is 0. The molecule has 13 heavy (non-hydrogen) atoms. The van der Waals surface area contributed by atoms with E-state index in [9.17, 15) is 0 Å². The third-order valence-electron chi connectivity index (χ3n) is 2.39. The van der Waals surface area contributed by atoms with Crippen LogP contribution < -0.4 is 0 Å². The van der Waals surface area contributed by atoms with Crippen molar-refractivity contribution >= 4 is 0 Å². The van der Waals surface area contributed by atoms with E-state index in [1.165, 1.54) is 11.3 Å². The lowest BCUT2D eigenvalue weighted by Crippen LogP contribution is -1.95. The topological polar surface area (TPSA) is 15.8 Å². The highest BCUT2D eigenvalue weighted by Gasteiger charge is 2.06. The largest absolute Gasteiger partial charge is 0.364 e. The van der Waals surface area contributed by atoms with Crippen LogP contribution in [0.15, 0.2) is 48.7 Å². The van der Waals surface area contributed by atoms with Gasteiger partial charge < -0.3 is 4.98 Å². The summed E-state index contributed by atoms with van der Waals surface area (Å²) < 4.78 is 0. The van der Waals surface area contributed by atoms with E-state index in [0.29, 0.717) is 5.92 Å². The van der Waals surface area contributed by atoms with Crippen molar-refractivity contribution in [2.24, 2.45) is 0 Å². The summed E-state index contributed by atoms with van der Waals surface area (Å²) >= 11 is 0. The maximum Gasteiger partial charge on any atom is 0.0220 e. The van der Waals surface area contributed by atoms with Crippen LogP contribution >= 0.6 is 0 Å². The standard InChI is InChI=1S/C12H13N/c1-10(12-8-5-9-13-12)11-6-3-2-4-7-11/h2-10,13H,1H3/t10-/m1/s1. The summed E-state index contributed by atoms with van der Waals surface area (Å²) in [6, 6.07) is 14.7. The quantitative estimate of drug-likeness (QED) is 0.714. The van der Waals surface area contributed by atoms with Crippen molar-refractivity contribution in [3.63, 3.8) is 0 Å². The van der Waals surface area contributed by atoms with Gasteiger partial charge in [-0.1, -0.05) is 37.3 Å². The zero-order chi connectivity index (χ0) is 9.10. The normalized spacial score (nSPS) is 12.7. The molecule has 1 aromatic carbocycles. The summed E-state index contributed by atoms with van der Waals surface area (Å²) in [4.78, 5) is 3.24. The van der Waals surface area contributed by atoms with Gasteiger partial charge in [0.25, 0.3) is 0 Å². The molecule has 0 bridgehead atoms. The van der Waals surface area contributed by atoms with Crippen LogP contribution in [0.5, 0.6) is 0 Å². The van der Waals surface area contributed by atoms with Gasteiger partial charge in [0.2, 0.25) is 0 Å². The van der Waals surface area contributed by atoms with Crippen molar-refractivity contribution < 1.29 is 0 Å². The third-order valence-corrected chi connectivity index (χ3v) is 2.39. The Kier molecular flexibility index (Phi) is 2.17. The molecule has 1 heterocycles. The fourth-order valence-electron chi connectivity index (χ4n) is 1.53. The van der Waals surface area contributed by atoms with Gasteiger partial charge in [-0.2, -0.15) is 0 Å². The molecule has 0 amide bonds. The van der Waals surface area contributed by atoms with E-state index in [1.807, 2.05) is 18.3 Å². The van der Waals surface area contributed by atoms with Gasteiger partial charge in [-0.25, -0.2) is 0 Å². The summed E-state index contributed by atoms with van der Waals surface area (Å²) in [5, 5.41) is 0. The molecule has 1 heteroatoms. The zero-order valence-electron chi connectivity index (χ0n) is 7.70. The van der Waals surface area contributed by atoms with Crippen LogP contribution in [-0.2, 0) is 0 Å². The fourth-order valence-corrected chi connectivity index (χ4v) is 1.53.